The number of hydrogen-bond acceptors (Lipinski definition) is 2. The van der Waals surface area contributed by atoms with Crippen molar-refractivity contribution in [3.63, 3.8) is 0 Å². The molecule has 3 N–H and O–H groups in total. The molecule has 1 fully saturated rings. The molecule has 1 aromatic carbocycles. The van der Waals surface area contributed by atoms with E-state index in [0.29, 0.717) is 6.04 Å². The highest BCUT2D eigenvalue weighted by molar-refractivity contribution is 5.79. The third-order valence-electron chi connectivity index (χ3n) is 3.67. The summed E-state index contributed by atoms with van der Waals surface area (Å²) in [5.74, 6) is -1.72. The van der Waals surface area contributed by atoms with Gasteiger partial charge in [0.1, 0.15) is 11.6 Å². The van der Waals surface area contributed by atoms with Crippen molar-refractivity contribution in [2.45, 2.75) is 31.8 Å². The molecule has 1 unspecified atom stereocenters. The minimum atomic E-state index is -0.692. The first-order valence-electron chi connectivity index (χ1n) is 7.70. The van der Waals surface area contributed by atoms with Gasteiger partial charge in [0.15, 0.2) is 13.1 Å². The molecule has 0 spiro atoms. The summed E-state index contributed by atoms with van der Waals surface area (Å²) < 4.78 is 26.6. The second kappa shape index (κ2) is 7.50. The van der Waals surface area contributed by atoms with Crippen molar-refractivity contribution in [1.29, 1.82) is 0 Å². The van der Waals surface area contributed by atoms with E-state index in [4.69, 9.17) is 0 Å². The lowest BCUT2D eigenvalue weighted by Gasteiger charge is -2.17. The smallest absolute Gasteiger partial charge is 0.275 e. The van der Waals surface area contributed by atoms with Crippen molar-refractivity contribution in [3.8, 4) is 0 Å². The molecule has 0 heterocycles. The van der Waals surface area contributed by atoms with Crippen molar-refractivity contribution < 1.29 is 23.3 Å². The summed E-state index contributed by atoms with van der Waals surface area (Å²) in [5.41, 5.74) is 0.226. The Labute approximate surface area is 134 Å². The van der Waals surface area contributed by atoms with Crippen molar-refractivity contribution in [3.05, 3.63) is 35.4 Å². The second-order valence-corrected chi connectivity index (χ2v) is 6.11. The first-order chi connectivity index (χ1) is 10.8. The monoisotopic (exact) mass is 326 g/mol. The molecular weight excluding hydrogens is 304 g/mol. The average Bonchev–Trinajstić information content (AvgIpc) is 3.21. The molecule has 5 nitrogen and oxygen atoms in total. The van der Waals surface area contributed by atoms with Crippen LogP contribution in [0.25, 0.3) is 0 Å². The number of benzene rings is 1. The molecule has 126 valence electrons. The minimum absolute atomic E-state index is 0.0737. The highest BCUT2D eigenvalue weighted by atomic mass is 19.1. The maximum atomic E-state index is 13.7. The normalized spacial score (nSPS) is 16.5. The van der Waals surface area contributed by atoms with Crippen LogP contribution in [0.5, 0.6) is 0 Å². The Balaban J connectivity index is 1.79. The summed E-state index contributed by atoms with van der Waals surface area (Å²) >= 11 is 0. The number of carbonyl (C=O) groups is 2. The van der Waals surface area contributed by atoms with Crippen molar-refractivity contribution >= 4 is 11.8 Å². The summed E-state index contributed by atoms with van der Waals surface area (Å²) in [6, 6.07) is 2.98. The maximum absolute atomic E-state index is 13.7. The number of rotatable bonds is 7. The van der Waals surface area contributed by atoms with Gasteiger partial charge in [0.2, 0.25) is 0 Å². The summed E-state index contributed by atoms with van der Waals surface area (Å²) in [7, 11) is 1.75. The molecule has 1 aliphatic rings. The number of carbonyl (C=O) groups excluding carboxylic acids is 2. The molecule has 1 aliphatic carbocycles. The molecule has 2 amide bonds. The van der Waals surface area contributed by atoms with E-state index in [1.807, 2.05) is 0 Å². The number of likely N-dealkylation sites (N-methyl/N-ethyl adjacent to an activating group) is 1. The zero-order valence-corrected chi connectivity index (χ0v) is 13.3. The largest absolute Gasteiger partial charge is 0.348 e. The molecule has 0 aliphatic heterocycles. The van der Waals surface area contributed by atoms with E-state index in [1.165, 1.54) is 6.07 Å². The van der Waals surface area contributed by atoms with Crippen LogP contribution >= 0.6 is 0 Å². The summed E-state index contributed by atoms with van der Waals surface area (Å²) in [6.45, 7) is 1.94. The van der Waals surface area contributed by atoms with Gasteiger partial charge in [-0.3, -0.25) is 9.59 Å². The number of amides is 2. The van der Waals surface area contributed by atoms with E-state index >= 15 is 0 Å². The lowest BCUT2D eigenvalue weighted by molar-refractivity contribution is -0.862. The standard InChI is InChI=1S/C16H21F2N3O2/c1-10(13-6-3-11(17)7-14(13)18)19-15(22)8-21(2)9-16(23)20-12-4-5-12/h3,6-7,10,12H,4-5,8-9H2,1-2H3,(H,19,22)(H,20,23)/p+1/t10-/m0/s1. The fraction of sp³-hybridized carbons (Fsp3) is 0.500. The third kappa shape index (κ3) is 5.59. The Kier molecular flexibility index (Phi) is 5.65. The molecule has 0 aromatic heterocycles. The molecule has 1 saturated carbocycles. The molecule has 7 heteroatoms. The van der Waals surface area contributed by atoms with Gasteiger partial charge in [0, 0.05) is 17.7 Å². The Hall–Kier alpha value is -2.02. The van der Waals surface area contributed by atoms with E-state index in [9.17, 15) is 18.4 Å². The minimum Gasteiger partial charge on any atom is -0.348 e. The van der Waals surface area contributed by atoms with Gasteiger partial charge in [-0.2, -0.15) is 0 Å². The third-order valence-corrected chi connectivity index (χ3v) is 3.67. The highest BCUT2D eigenvalue weighted by Crippen LogP contribution is 2.18. The molecule has 0 saturated heterocycles. The molecular formula is C16H22F2N3O2+. The zero-order valence-electron chi connectivity index (χ0n) is 13.3. The molecule has 2 atom stereocenters. The Morgan fingerprint density at radius 3 is 2.52 bits per heavy atom. The van der Waals surface area contributed by atoms with Gasteiger partial charge in [0.25, 0.3) is 11.8 Å². The van der Waals surface area contributed by atoms with Crippen LogP contribution in [0.3, 0.4) is 0 Å². The molecule has 23 heavy (non-hydrogen) atoms. The van der Waals surface area contributed by atoms with Crippen LogP contribution < -0.4 is 15.5 Å². The van der Waals surface area contributed by atoms with Crippen LogP contribution in [0.2, 0.25) is 0 Å². The van der Waals surface area contributed by atoms with Crippen molar-refractivity contribution in [1.82, 2.24) is 10.6 Å². The van der Waals surface area contributed by atoms with Gasteiger partial charge < -0.3 is 15.5 Å². The predicted molar refractivity (Wildman–Crippen MR) is 80.7 cm³/mol. The van der Waals surface area contributed by atoms with Crippen LogP contribution in [0.15, 0.2) is 18.2 Å². The van der Waals surface area contributed by atoms with E-state index in [0.717, 1.165) is 29.9 Å². The number of hydrogen-bond donors (Lipinski definition) is 3. The van der Waals surface area contributed by atoms with Crippen LogP contribution in [-0.4, -0.2) is 38.0 Å². The fourth-order valence-corrected chi connectivity index (χ4v) is 2.34. The summed E-state index contributed by atoms with van der Waals surface area (Å²) in [6.07, 6.45) is 2.04. The van der Waals surface area contributed by atoms with Gasteiger partial charge in [-0.15, -0.1) is 0 Å². The SMILES string of the molecule is C[C@H](NC(=O)C[NH+](C)CC(=O)NC1CC1)c1ccc(F)cc1F. The summed E-state index contributed by atoms with van der Waals surface area (Å²) in [4.78, 5) is 24.4. The molecule has 0 bridgehead atoms. The van der Waals surface area contributed by atoms with Gasteiger partial charge in [0.05, 0.1) is 13.1 Å². The Bertz CT molecular complexity index is 591. The van der Waals surface area contributed by atoms with Crippen LogP contribution in [0.1, 0.15) is 31.4 Å². The average molecular weight is 326 g/mol. The first kappa shape index (κ1) is 17.3. The maximum Gasteiger partial charge on any atom is 0.275 e. The molecule has 0 radical (unpaired) electrons. The topological polar surface area (TPSA) is 62.6 Å². The van der Waals surface area contributed by atoms with Gasteiger partial charge in [-0.05, 0) is 25.8 Å². The van der Waals surface area contributed by atoms with Crippen molar-refractivity contribution in [2.75, 3.05) is 20.1 Å². The van der Waals surface area contributed by atoms with E-state index in [-0.39, 0.29) is 30.5 Å². The van der Waals surface area contributed by atoms with E-state index in [1.54, 1.807) is 14.0 Å². The lowest BCUT2D eigenvalue weighted by atomic mass is 10.1. The summed E-state index contributed by atoms with van der Waals surface area (Å²) in [5, 5.41) is 5.52. The lowest BCUT2D eigenvalue weighted by Crippen LogP contribution is -3.11. The Morgan fingerprint density at radius 1 is 1.26 bits per heavy atom. The first-order valence-corrected chi connectivity index (χ1v) is 7.70. The second-order valence-electron chi connectivity index (χ2n) is 6.11. The Morgan fingerprint density at radius 2 is 1.91 bits per heavy atom. The van der Waals surface area contributed by atoms with Gasteiger partial charge >= 0.3 is 0 Å². The van der Waals surface area contributed by atoms with Crippen LogP contribution in [0.4, 0.5) is 8.78 Å². The highest BCUT2D eigenvalue weighted by Gasteiger charge is 2.25. The van der Waals surface area contributed by atoms with E-state index in [2.05, 4.69) is 10.6 Å². The number of quaternary nitrogens is 1. The van der Waals surface area contributed by atoms with Crippen LogP contribution in [-0.2, 0) is 9.59 Å². The fourth-order valence-electron chi connectivity index (χ4n) is 2.34. The van der Waals surface area contributed by atoms with E-state index < -0.39 is 17.7 Å². The predicted octanol–water partition coefficient (Wildman–Crippen LogP) is -0.0647. The number of nitrogens with one attached hydrogen (secondary N) is 3. The molecule has 2 rings (SSSR count). The van der Waals surface area contributed by atoms with Crippen molar-refractivity contribution in [2.24, 2.45) is 0 Å². The van der Waals surface area contributed by atoms with Crippen LogP contribution in [0, 0.1) is 11.6 Å². The quantitative estimate of drug-likeness (QED) is 0.657. The number of halogens is 2. The molecule has 1 aromatic rings. The van der Waals surface area contributed by atoms with Gasteiger partial charge in [-0.25, -0.2) is 8.78 Å². The van der Waals surface area contributed by atoms with Gasteiger partial charge in [-0.1, -0.05) is 6.07 Å². The zero-order chi connectivity index (χ0) is 17.0.